The lowest BCUT2D eigenvalue weighted by molar-refractivity contribution is -0.123. The molecule has 0 radical (unpaired) electrons. The molecule has 2 atom stereocenters. The Hall–Kier alpha value is -0.650. The molecule has 0 aromatic rings. The molecule has 0 aliphatic carbocycles. The van der Waals surface area contributed by atoms with Crippen molar-refractivity contribution in [1.82, 2.24) is 10.2 Å². The van der Waals surface area contributed by atoms with Gasteiger partial charge >= 0.3 is 0 Å². The molecular formula is C13H25N3O2. The van der Waals surface area contributed by atoms with E-state index in [0.29, 0.717) is 31.1 Å². The zero-order chi connectivity index (χ0) is 13.0. The van der Waals surface area contributed by atoms with Gasteiger partial charge in [-0.15, -0.1) is 0 Å². The molecule has 2 aliphatic rings. The van der Waals surface area contributed by atoms with Crippen LogP contribution in [0.25, 0.3) is 0 Å². The van der Waals surface area contributed by atoms with Crippen LogP contribution in [0.2, 0.25) is 0 Å². The van der Waals surface area contributed by atoms with Crippen molar-refractivity contribution < 1.29 is 9.53 Å². The van der Waals surface area contributed by atoms with Gasteiger partial charge in [-0.3, -0.25) is 9.69 Å². The van der Waals surface area contributed by atoms with E-state index in [0.717, 1.165) is 39.0 Å². The molecule has 0 saturated carbocycles. The minimum absolute atomic E-state index is 0.134. The van der Waals surface area contributed by atoms with Gasteiger partial charge in [0.1, 0.15) is 0 Å². The Bertz CT molecular complexity index is 279. The first-order valence-corrected chi connectivity index (χ1v) is 7.02. The second kappa shape index (κ2) is 6.50. The van der Waals surface area contributed by atoms with Crippen LogP contribution in [0.3, 0.4) is 0 Å². The van der Waals surface area contributed by atoms with E-state index >= 15 is 0 Å². The molecule has 3 N–H and O–H groups in total. The molecule has 5 nitrogen and oxygen atoms in total. The summed E-state index contributed by atoms with van der Waals surface area (Å²) < 4.78 is 5.28. The van der Waals surface area contributed by atoms with Gasteiger partial charge in [0.15, 0.2) is 0 Å². The average molecular weight is 255 g/mol. The number of nitrogens with two attached hydrogens (primary N) is 1. The lowest BCUT2D eigenvalue weighted by atomic mass is 10.0. The van der Waals surface area contributed by atoms with Crippen LogP contribution in [-0.2, 0) is 9.53 Å². The number of nitrogens with one attached hydrogen (secondary N) is 1. The van der Waals surface area contributed by atoms with Gasteiger partial charge in [0.25, 0.3) is 0 Å². The number of rotatable bonds is 4. The van der Waals surface area contributed by atoms with Gasteiger partial charge in [0.05, 0.1) is 6.54 Å². The van der Waals surface area contributed by atoms with E-state index < -0.39 is 0 Å². The van der Waals surface area contributed by atoms with Crippen molar-refractivity contribution >= 4 is 5.91 Å². The molecule has 18 heavy (non-hydrogen) atoms. The van der Waals surface area contributed by atoms with Crippen LogP contribution in [-0.4, -0.2) is 55.7 Å². The molecule has 2 aliphatic heterocycles. The first kappa shape index (κ1) is 13.8. The van der Waals surface area contributed by atoms with Crippen LogP contribution in [0.5, 0.6) is 0 Å². The summed E-state index contributed by atoms with van der Waals surface area (Å²) in [5.41, 5.74) is 5.78. The molecule has 0 aromatic carbocycles. The summed E-state index contributed by atoms with van der Waals surface area (Å²) in [6.45, 7) is 5.86. The number of nitrogens with zero attached hydrogens (tertiary/aromatic N) is 1. The fraction of sp³-hybridized carbons (Fsp3) is 0.923. The maximum absolute atomic E-state index is 12.0. The van der Waals surface area contributed by atoms with Gasteiger partial charge in [-0.2, -0.15) is 0 Å². The highest BCUT2D eigenvalue weighted by Gasteiger charge is 2.31. The lowest BCUT2D eigenvalue weighted by Gasteiger charge is -2.27. The molecule has 2 saturated heterocycles. The predicted octanol–water partition coefficient (Wildman–Crippen LogP) is -0.0493. The van der Waals surface area contributed by atoms with Crippen molar-refractivity contribution in [2.75, 3.05) is 32.8 Å². The van der Waals surface area contributed by atoms with Crippen molar-refractivity contribution in [2.24, 2.45) is 11.7 Å². The Labute approximate surface area is 109 Å². The molecule has 2 unspecified atom stereocenters. The molecular weight excluding hydrogens is 230 g/mol. The van der Waals surface area contributed by atoms with E-state index in [-0.39, 0.29) is 5.91 Å². The summed E-state index contributed by atoms with van der Waals surface area (Å²) in [4.78, 5) is 14.2. The van der Waals surface area contributed by atoms with Gasteiger partial charge in [-0.25, -0.2) is 0 Å². The number of likely N-dealkylation sites (tertiary alicyclic amines) is 1. The summed E-state index contributed by atoms with van der Waals surface area (Å²) in [5, 5.41) is 3.10. The predicted molar refractivity (Wildman–Crippen MR) is 70.2 cm³/mol. The highest BCUT2D eigenvalue weighted by Crippen LogP contribution is 2.22. The minimum atomic E-state index is 0.134. The number of hydrogen-bond acceptors (Lipinski definition) is 4. The average Bonchev–Trinajstić information content (AvgIpc) is 2.71. The van der Waals surface area contributed by atoms with E-state index in [4.69, 9.17) is 10.5 Å². The van der Waals surface area contributed by atoms with Gasteiger partial charge in [-0.1, -0.05) is 6.92 Å². The van der Waals surface area contributed by atoms with Crippen molar-refractivity contribution in [3.63, 3.8) is 0 Å². The molecule has 0 bridgehead atoms. The molecule has 5 heteroatoms. The first-order chi connectivity index (χ1) is 8.70. The third kappa shape index (κ3) is 3.43. The van der Waals surface area contributed by atoms with Crippen molar-refractivity contribution in [1.29, 1.82) is 0 Å². The normalized spacial score (nSPS) is 30.6. The largest absolute Gasteiger partial charge is 0.381 e. The van der Waals surface area contributed by atoms with E-state index in [2.05, 4.69) is 17.1 Å². The number of carbonyl (C=O) groups is 1. The Kier molecular flexibility index (Phi) is 4.97. The number of ether oxygens (including phenoxy) is 1. The van der Waals surface area contributed by atoms with Gasteiger partial charge in [0.2, 0.25) is 5.91 Å². The van der Waals surface area contributed by atoms with Crippen LogP contribution in [0.15, 0.2) is 0 Å². The standard InChI is InChI=1S/C13H25N3O2/c1-10-2-5-16(12(10)8-14)9-13(17)15-11-3-6-18-7-4-11/h10-12H,2-9,14H2,1H3,(H,15,17). The van der Waals surface area contributed by atoms with Gasteiger partial charge in [-0.05, 0) is 31.7 Å². The minimum Gasteiger partial charge on any atom is -0.381 e. The molecule has 1 amide bonds. The zero-order valence-electron chi connectivity index (χ0n) is 11.2. The Morgan fingerprint density at radius 1 is 1.39 bits per heavy atom. The molecule has 2 heterocycles. The monoisotopic (exact) mass is 255 g/mol. The van der Waals surface area contributed by atoms with Crippen molar-refractivity contribution in [2.45, 2.75) is 38.3 Å². The molecule has 2 fully saturated rings. The topological polar surface area (TPSA) is 67.6 Å². The first-order valence-electron chi connectivity index (χ1n) is 7.02. The Morgan fingerprint density at radius 2 is 2.11 bits per heavy atom. The van der Waals surface area contributed by atoms with Gasteiger partial charge in [0, 0.05) is 31.8 Å². The maximum atomic E-state index is 12.0. The Morgan fingerprint density at radius 3 is 2.78 bits per heavy atom. The summed E-state index contributed by atoms with van der Waals surface area (Å²) in [5.74, 6) is 0.736. The van der Waals surface area contributed by atoms with Crippen LogP contribution in [0.1, 0.15) is 26.2 Å². The number of amides is 1. The SMILES string of the molecule is CC1CCN(CC(=O)NC2CCOCC2)C1CN. The van der Waals surface area contributed by atoms with Crippen LogP contribution in [0.4, 0.5) is 0 Å². The van der Waals surface area contributed by atoms with Crippen LogP contribution < -0.4 is 11.1 Å². The van der Waals surface area contributed by atoms with Crippen LogP contribution in [0, 0.1) is 5.92 Å². The second-order valence-electron chi connectivity index (χ2n) is 5.49. The van der Waals surface area contributed by atoms with Crippen molar-refractivity contribution in [3.05, 3.63) is 0 Å². The fourth-order valence-corrected chi connectivity index (χ4v) is 2.96. The third-order valence-electron chi connectivity index (χ3n) is 4.17. The second-order valence-corrected chi connectivity index (χ2v) is 5.49. The number of carbonyl (C=O) groups excluding carboxylic acids is 1. The third-order valence-corrected chi connectivity index (χ3v) is 4.17. The zero-order valence-corrected chi connectivity index (χ0v) is 11.2. The fourth-order valence-electron chi connectivity index (χ4n) is 2.96. The van der Waals surface area contributed by atoms with Crippen LogP contribution >= 0.6 is 0 Å². The smallest absolute Gasteiger partial charge is 0.234 e. The summed E-state index contributed by atoms with van der Waals surface area (Å²) >= 11 is 0. The summed E-state index contributed by atoms with van der Waals surface area (Å²) in [7, 11) is 0. The molecule has 0 aromatic heterocycles. The number of hydrogen-bond donors (Lipinski definition) is 2. The lowest BCUT2D eigenvalue weighted by Crippen LogP contribution is -2.47. The summed E-state index contributed by atoms with van der Waals surface area (Å²) in [6.07, 6.45) is 3.01. The molecule has 2 rings (SSSR count). The summed E-state index contributed by atoms with van der Waals surface area (Å²) in [6, 6.07) is 0.660. The highest BCUT2D eigenvalue weighted by atomic mass is 16.5. The Balaban J connectivity index is 1.76. The quantitative estimate of drug-likeness (QED) is 0.739. The molecule has 104 valence electrons. The van der Waals surface area contributed by atoms with E-state index in [9.17, 15) is 4.79 Å². The van der Waals surface area contributed by atoms with E-state index in [1.165, 1.54) is 0 Å². The molecule has 0 spiro atoms. The van der Waals surface area contributed by atoms with E-state index in [1.807, 2.05) is 0 Å². The maximum Gasteiger partial charge on any atom is 0.234 e. The van der Waals surface area contributed by atoms with Crippen molar-refractivity contribution in [3.8, 4) is 0 Å². The highest BCUT2D eigenvalue weighted by molar-refractivity contribution is 5.78. The van der Waals surface area contributed by atoms with Gasteiger partial charge < -0.3 is 15.8 Å². The van der Waals surface area contributed by atoms with E-state index in [1.54, 1.807) is 0 Å².